The van der Waals surface area contributed by atoms with Crippen LogP contribution in [0.4, 0.5) is 4.39 Å². The first kappa shape index (κ1) is 14.0. The zero-order valence-electron chi connectivity index (χ0n) is 10.6. The van der Waals surface area contributed by atoms with E-state index in [1.54, 1.807) is 12.1 Å². The van der Waals surface area contributed by atoms with Crippen molar-refractivity contribution < 1.29 is 8.91 Å². The van der Waals surface area contributed by atoms with Gasteiger partial charge in [0.15, 0.2) is 5.82 Å². The highest BCUT2D eigenvalue weighted by Gasteiger charge is 2.13. The van der Waals surface area contributed by atoms with E-state index in [0.29, 0.717) is 28.7 Å². The average molecular weight is 284 g/mol. The minimum atomic E-state index is -0.366. The van der Waals surface area contributed by atoms with E-state index in [-0.39, 0.29) is 18.3 Å². The second-order valence-electron chi connectivity index (χ2n) is 4.50. The molecule has 4 nitrogen and oxygen atoms in total. The topological polar surface area (TPSA) is 64.9 Å². The van der Waals surface area contributed by atoms with Crippen LogP contribution in [0, 0.1) is 5.82 Å². The number of benzene rings is 1. The van der Waals surface area contributed by atoms with Crippen LogP contribution in [-0.2, 0) is 12.8 Å². The molecule has 2 N–H and O–H groups in total. The molecule has 0 spiro atoms. The summed E-state index contributed by atoms with van der Waals surface area (Å²) in [4.78, 5) is 4.20. The van der Waals surface area contributed by atoms with Gasteiger partial charge in [-0.25, -0.2) is 4.39 Å². The first-order chi connectivity index (χ1) is 9.06. The van der Waals surface area contributed by atoms with Crippen LogP contribution in [0.1, 0.15) is 30.6 Å². The monoisotopic (exact) mass is 283 g/mol. The van der Waals surface area contributed by atoms with Crippen molar-refractivity contribution >= 4 is 11.6 Å². The number of aromatic nitrogens is 2. The van der Waals surface area contributed by atoms with E-state index in [4.69, 9.17) is 21.9 Å². The first-order valence-corrected chi connectivity index (χ1v) is 6.44. The molecule has 1 aromatic carbocycles. The number of rotatable bonds is 5. The molecule has 0 saturated carbocycles. The summed E-state index contributed by atoms with van der Waals surface area (Å²) in [6.45, 7) is 1.91. The van der Waals surface area contributed by atoms with Crippen molar-refractivity contribution in [1.29, 1.82) is 0 Å². The van der Waals surface area contributed by atoms with Crippen LogP contribution in [0.5, 0.6) is 0 Å². The van der Waals surface area contributed by atoms with Crippen molar-refractivity contribution in [3.05, 3.63) is 46.3 Å². The van der Waals surface area contributed by atoms with Crippen LogP contribution in [0.25, 0.3) is 0 Å². The number of hydrogen-bond acceptors (Lipinski definition) is 4. The molecule has 0 aliphatic heterocycles. The number of hydrogen-bond donors (Lipinski definition) is 1. The second-order valence-corrected chi connectivity index (χ2v) is 4.90. The second kappa shape index (κ2) is 6.12. The van der Waals surface area contributed by atoms with Crippen LogP contribution in [0.3, 0.4) is 0 Å². The van der Waals surface area contributed by atoms with Gasteiger partial charge in [-0.05, 0) is 25.5 Å². The fraction of sp³-hybridized carbons (Fsp3) is 0.385. The van der Waals surface area contributed by atoms with Gasteiger partial charge in [0.25, 0.3) is 0 Å². The Balaban J connectivity index is 2.07. The fourth-order valence-electron chi connectivity index (χ4n) is 1.67. The van der Waals surface area contributed by atoms with Gasteiger partial charge in [0.2, 0.25) is 5.89 Å². The van der Waals surface area contributed by atoms with E-state index < -0.39 is 0 Å². The summed E-state index contributed by atoms with van der Waals surface area (Å²) in [6.07, 6.45) is 1.60. The minimum absolute atomic E-state index is 0.0800. The van der Waals surface area contributed by atoms with E-state index in [9.17, 15) is 4.39 Å². The maximum Gasteiger partial charge on any atom is 0.226 e. The number of halogens is 2. The Bertz CT molecular complexity index is 536. The Labute approximate surface area is 115 Å². The Hall–Kier alpha value is -1.46. The summed E-state index contributed by atoms with van der Waals surface area (Å²) in [5.74, 6) is 0.570. The predicted octanol–water partition coefficient (Wildman–Crippen LogP) is 2.73. The molecule has 1 atom stereocenters. The molecule has 1 unspecified atom stereocenters. The third-order valence-electron chi connectivity index (χ3n) is 2.72. The van der Waals surface area contributed by atoms with Crippen LogP contribution in [0.15, 0.2) is 22.7 Å². The highest BCUT2D eigenvalue weighted by molar-refractivity contribution is 6.31. The molecule has 0 bridgehead atoms. The third-order valence-corrected chi connectivity index (χ3v) is 3.07. The molecular weight excluding hydrogens is 269 g/mol. The largest absolute Gasteiger partial charge is 0.339 e. The van der Waals surface area contributed by atoms with Crippen molar-refractivity contribution in [1.82, 2.24) is 10.1 Å². The molecule has 0 fully saturated rings. The maximum absolute atomic E-state index is 13.6. The van der Waals surface area contributed by atoms with Crippen LogP contribution in [0.2, 0.25) is 5.02 Å². The lowest BCUT2D eigenvalue weighted by molar-refractivity contribution is 0.368. The van der Waals surface area contributed by atoms with Crippen molar-refractivity contribution in [2.24, 2.45) is 5.73 Å². The molecule has 102 valence electrons. The molecule has 0 aliphatic rings. The Kier molecular flexibility index (Phi) is 4.50. The molecule has 0 aliphatic carbocycles. The van der Waals surface area contributed by atoms with Crippen molar-refractivity contribution in [3.63, 3.8) is 0 Å². The lowest BCUT2D eigenvalue weighted by Crippen LogP contribution is -2.15. The van der Waals surface area contributed by atoms with Gasteiger partial charge in [0, 0.05) is 29.5 Å². The molecule has 1 heterocycles. The smallest absolute Gasteiger partial charge is 0.226 e. The molecule has 6 heteroatoms. The molecule has 2 aromatic rings. The number of nitrogens with two attached hydrogens (primary N) is 1. The van der Waals surface area contributed by atoms with E-state index in [1.165, 1.54) is 6.07 Å². The SMILES string of the molecule is CC(N)CCc1nc(Cc2c(F)cccc2Cl)no1. The third kappa shape index (κ3) is 3.75. The van der Waals surface area contributed by atoms with Gasteiger partial charge in [-0.15, -0.1) is 0 Å². The van der Waals surface area contributed by atoms with E-state index in [2.05, 4.69) is 10.1 Å². The molecule has 0 radical (unpaired) electrons. The molecule has 1 aromatic heterocycles. The molecular formula is C13H15ClFN3O. The number of aryl methyl sites for hydroxylation is 1. The zero-order chi connectivity index (χ0) is 13.8. The summed E-state index contributed by atoms with van der Waals surface area (Å²) in [5.41, 5.74) is 6.03. The first-order valence-electron chi connectivity index (χ1n) is 6.06. The minimum Gasteiger partial charge on any atom is -0.339 e. The van der Waals surface area contributed by atoms with Crippen LogP contribution in [-0.4, -0.2) is 16.2 Å². The zero-order valence-corrected chi connectivity index (χ0v) is 11.3. The Morgan fingerprint density at radius 1 is 1.47 bits per heavy atom. The molecule has 0 saturated heterocycles. The van der Waals surface area contributed by atoms with Crippen molar-refractivity contribution in [3.8, 4) is 0 Å². The van der Waals surface area contributed by atoms with Gasteiger partial charge in [0.05, 0.1) is 0 Å². The highest BCUT2D eigenvalue weighted by atomic mass is 35.5. The van der Waals surface area contributed by atoms with Gasteiger partial charge < -0.3 is 10.3 Å². The summed E-state index contributed by atoms with van der Waals surface area (Å²) < 4.78 is 18.7. The number of nitrogens with zero attached hydrogens (tertiary/aromatic N) is 2. The Morgan fingerprint density at radius 2 is 2.26 bits per heavy atom. The van der Waals surface area contributed by atoms with Crippen LogP contribution < -0.4 is 5.73 Å². The molecule has 2 rings (SSSR count). The lowest BCUT2D eigenvalue weighted by Gasteiger charge is -2.02. The van der Waals surface area contributed by atoms with Gasteiger partial charge in [0.1, 0.15) is 5.82 Å². The normalized spacial score (nSPS) is 12.6. The van der Waals surface area contributed by atoms with Crippen LogP contribution >= 0.6 is 11.6 Å². The highest BCUT2D eigenvalue weighted by Crippen LogP contribution is 2.21. The van der Waals surface area contributed by atoms with Gasteiger partial charge in [-0.1, -0.05) is 22.8 Å². The maximum atomic E-state index is 13.6. The quantitative estimate of drug-likeness (QED) is 0.916. The molecule has 19 heavy (non-hydrogen) atoms. The van der Waals surface area contributed by atoms with E-state index >= 15 is 0 Å². The van der Waals surface area contributed by atoms with Gasteiger partial charge in [-0.2, -0.15) is 4.98 Å². The van der Waals surface area contributed by atoms with Gasteiger partial charge >= 0.3 is 0 Å². The summed E-state index contributed by atoms with van der Waals surface area (Å²) >= 11 is 5.95. The summed E-state index contributed by atoms with van der Waals surface area (Å²) in [7, 11) is 0. The summed E-state index contributed by atoms with van der Waals surface area (Å²) in [5, 5.41) is 4.18. The lowest BCUT2D eigenvalue weighted by atomic mass is 10.1. The molecule has 0 amide bonds. The Morgan fingerprint density at radius 3 is 2.95 bits per heavy atom. The van der Waals surface area contributed by atoms with Crippen molar-refractivity contribution in [2.45, 2.75) is 32.2 Å². The van der Waals surface area contributed by atoms with Crippen molar-refractivity contribution in [2.75, 3.05) is 0 Å². The standard InChI is InChI=1S/C13H15ClFN3O/c1-8(16)5-6-13-17-12(18-19-13)7-9-10(14)3-2-4-11(9)15/h2-4,8H,5-7,16H2,1H3. The van der Waals surface area contributed by atoms with Gasteiger partial charge in [-0.3, -0.25) is 0 Å². The summed E-state index contributed by atoms with van der Waals surface area (Å²) in [6, 6.07) is 4.64. The fourth-order valence-corrected chi connectivity index (χ4v) is 1.90. The average Bonchev–Trinajstić information content (AvgIpc) is 2.79. The predicted molar refractivity (Wildman–Crippen MR) is 70.5 cm³/mol. The van der Waals surface area contributed by atoms with E-state index in [0.717, 1.165) is 6.42 Å². The van der Waals surface area contributed by atoms with E-state index in [1.807, 2.05) is 6.92 Å².